The molecule has 0 unspecified atom stereocenters. The summed E-state index contributed by atoms with van der Waals surface area (Å²) < 4.78 is 10.3. The molecule has 6 nitrogen and oxygen atoms in total. The SMILES string of the molecule is CCOC(=O)[C@@H](CC)/C(C)=N/NC(=O)COc1ccc(Cl)cc1Cl. The van der Waals surface area contributed by atoms with Crippen LogP contribution in [-0.4, -0.2) is 30.8 Å². The average Bonchev–Trinajstić information content (AvgIpc) is 2.53. The lowest BCUT2D eigenvalue weighted by Gasteiger charge is -2.13. The third kappa shape index (κ3) is 6.37. The van der Waals surface area contributed by atoms with Gasteiger partial charge in [0.2, 0.25) is 0 Å². The van der Waals surface area contributed by atoms with Gasteiger partial charge in [0.1, 0.15) is 5.75 Å². The molecule has 0 saturated carbocycles. The second kappa shape index (κ2) is 10.2. The van der Waals surface area contributed by atoms with E-state index in [1.807, 2.05) is 6.92 Å². The van der Waals surface area contributed by atoms with Crippen LogP contribution in [0.1, 0.15) is 27.2 Å². The Bertz CT molecular complexity index is 620. The second-order valence-electron chi connectivity index (χ2n) is 4.86. The molecule has 0 aliphatic heterocycles. The van der Waals surface area contributed by atoms with Crippen molar-refractivity contribution in [3.05, 3.63) is 28.2 Å². The molecule has 1 amide bonds. The number of nitrogens with one attached hydrogen (secondary N) is 1. The number of rotatable bonds is 8. The predicted molar refractivity (Wildman–Crippen MR) is 93.6 cm³/mol. The smallest absolute Gasteiger partial charge is 0.314 e. The summed E-state index contributed by atoms with van der Waals surface area (Å²) in [6.45, 7) is 5.26. The van der Waals surface area contributed by atoms with Crippen LogP contribution in [0.25, 0.3) is 0 Å². The van der Waals surface area contributed by atoms with Crippen molar-refractivity contribution in [2.45, 2.75) is 27.2 Å². The quantitative estimate of drug-likeness (QED) is 0.429. The number of halogens is 2. The summed E-state index contributed by atoms with van der Waals surface area (Å²) in [6.07, 6.45) is 0.529. The number of ether oxygens (including phenoxy) is 2. The highest BCUT2D eigenvalue weighted by molar-refractivity contribution is 6.35. The van der Waals surface area contributed by atoms with E-state index in [2.05, 4.69) is 10.5 Å². The van der Waals surface area contributed by atoms with E-state index < -0.39 is 11.8 Å². The third-order valence-electron chi connectivity index (χ3n) is 3.09. The highest BCUT2D eigenvalue weighted by Crippen LogP contribution is 2.27. The third-order valence-corrected chi connectivity index (χ3v) is 3.62. The first-order valence-corrected chi connectivity index (χ1v) is 8.22. The van der Waals surface area contributed by atoms with E-state index in [4.69, 9.17) is 32.7 Å². The van der Waals surface area contributed by atoms with Crippen LogP contribution in [0.15, 0.2) is 23.3 Å². The van der Waals surface area contributed by atoms with Crippen molar-refractivity contribution in [2.75, 3.05) is 13.2 Å². The van der Waals surface area contributed by atoms with E-state index >= 15 is 0 Å². The van der Waals surface area contributed by atoms with Gasteiger partial charge in [-0.3, -0.25) is 9.59 Å². The molecular formula is C16H20Cl2N2O4. The Balaban J connectivity index is 2.56. The summed E-state index contributed by atoms with van der Waals surface area (Å²) in [5.74, 6) is -0.981. The Kier molecular flexibility index (Phi) is 8.57. The lowest BCUT2D eigenvalue weighted by molar-refractivity contribution is -0.145. The number of hydrogen-bond acceptors (Lipinski definition) is 5. The van der Waals surface area contributed by atoms with Crippen molar-refractivity contribution in [3.8, 4) is 5.75 Å². The fourth-order valence-corrected chi connectivity index (χ4v) is 2.33. The lowest BCUT2D eigenvalue weighted by atomic mass is 10.0. The zero-order chi connectivity index (χ0) is 18.1. The number of benzene rings is 1. The molecule has 0 aromatic heterocycles. The Morgan fingerprint density at radius 3 is 2.58 bits per heavy atom. The normalized spacial score (nSPS) is 12.5. The summed E-state index contributed by atoms with van der Waals surface area (Å²) >= 11 is 11.7. The van der Waals surface area contributed by atoms with Gasteiger partial charge in [-0.1, -0.05) is 30.1 Å². The highest BCUT2D eigenvalue weighted by atomic mass is 35.5. The minimum Gasteiger partial charge on any atom is -0.482 e. The predicted octanol–water partition coefficient (Wildman–Crippen LogP) is 3.45. The minimum absolute atomic E-state index is 0.270. The number of carbonyl (C=O) groups excluding carboxylic acids is 2. The van der Waals surface area contributed by atoms with Gasteiger partial charge in [-0.2, -0.15) is 5.10 Å². The highest BCUT2D eigenvalue weighted by Gasteiger charge is 2.21. The minimum atomic E-state index is -0.489. The maximum absolute atomic E-state index is 11.8. The Morgan fingerprint density at radius 2 is 2.00 bits per heavy atom. The fourth-order valence-electron chi connectivity index (χ4n) is 1.87. The van der Waals surface area contributed by atoms with Gasteiger partial charge in [0, 0.05) is 10.7 Å². The topological polar surface area (TPSA) is 77.0 Å². The summed E-state index contributed by atoms with van der Waals surface area (Å²) in [5.41, 5.74) is 2.81. The molecule has 0 aliphatic carbocycles. The van der Waals surface area contributed by atoms with Crippen LogP contribution in [0.3, 0.4) is 0 Å². The molecule has 1 aromatic rings. The molecule has 8 heteroatoms. The van der Waals surface area contributed by atoms with E-state index in [9.17, 15) is 9.59 Å². The number of hydrazone groups is 1. The molecule has 0 heterocycles. The molecule has 0 radical (unpaired) electrons. The van der Waals surface area contributed by atoms with Crippen LogP contribution >= 0.6 is 23.2 Å². The Hall–Kier alpha value is -1.79. The van der Waals surface area contributed by atoms with Gasteiger partial charge >= 0.3 is 5.97 Å². The summed E-state index contributed by atoms with van der Waals surface area (Å²) in [6, 6.07) is 4.69. The second-order valence-corrected chi connectivity index (χ2v) is 5.71. The summed E-state index contributed by atoms with van der Waals surface area (Å²) in [4.78, 5) is 23.5. The van der Waals surface area contributed by atoms with Gasteiger partial charge < -0.3 is 9.47 Å². The number of carbonyl (C=O) groups is 2. The molecule has 1 N–H and O–H groups in total. The first-order valence-electron chi connectivity index (χ1n) is 7.46. The van der Waals surface area contributed by atoms with E-state index in [0.29, 0.717) is 34.5 Å². The first kappa shape index (κ1) is 20.3. The maximum atomic E-state index is 11.8. The first-order chi connectivity index (χ1) is 11.4. The van der Waals surface area contributed by atoms with Crippen molar-refractivity contribution in [1.29, 1.82) is 0 Å². The molecule has 0 fully saturated rings. The summed E-state index contributed by atoms with van der Waals surface area (Å²) in [5, 5.41) is 4.71. The largest absolute Gasteiger partial charge is 0.482 e. The molecule has 0 spiro atoms. The molecule has 0 saturated heterocycles. The van der Waals surface area contributed by atoms with Crippen molar-refractivity contribution in [2.24, 2.45) is 11.0 Å². The van der Waals surface area contributed by atoms with Crippen LogP contribution in [0, 0.1) is 5.92 Å². The van der Waals surface area contributed by atoms with Gasteiger partial charge in [0.25, 0.3) is 5.91 Å². The van der Waals surface area contributed by atoms with Gasteiger partial charge in [-0.15, -0.1) is 0 Å². The van der Waals surface area contributed by atoms with E-state index in [1.54, 1.807) is 26.0 Å². The standard InChI is InChI=1S/C16H20Cl2N2O4/c1-4-12(16(22)23-5-2)10(3)19-20-15(21)9-24-14-7-6-11(17)8-13(14)18/h6-8,12H,4-5,9H2,1-3H3,(H,20,21)/b19-10+/t12-/m0/s1. The van der Waals surface area contributed by atoms with Crippen molar-refractivity contribution in [3.63, 3.8) is 0 Å². The Labute approximate surface area is 151 Å². The molecule has 1 atom stereocenters. The van der Waals surface area contributed by atoms with Crippen molar-refractivity contribution >= 4 is 40.8 Å². The van der Waals surface area contributed by atoms with Crippen LogP contribution in [0.5, 0.6) is 5.75 Å². The molecule has 0 bridgehead atoms. The number of hydrogen-bond donors (Lipinski definition) is 1. The molecule has 132 valence electrons. The lowest BCUT2D eigenvalue weighted by Crippen LogP contribution is -2.29. The molecule has 0 aliphatic rings. The van der Waals surface area contributed by atoms with Gasteiger partial charge in [0.05, 0.1) is 17.5 Å². The summed E-state index contributed by atoms with van der Waals surface area (Å²) in [7, 11) is 0. The van der Waals surface area contributed by atoms with E-state index in [1.165, 1.54) is 6.07 Å². The zero-order valence-corrected chi connectivity index (χ0v) is 15.3. The number of amides is 1. The zero-order valence-electron chi connectivity index (χ0n) is 13.8. The monoisotopic (exact) mass is 374 g/mol. The fraction of sp³-hybridized carbons (Fsp3) is 0.438. The molecule has 1 aromatic carbocycles. The van der Waals surface area contributed by atoms with Crippen LogP contribution in [-0.2, 0) is 14.3 Å². The number of esters is 1. The van der Waals surface area contributed by atoms with Gasteiger partial charge in [-0.05, 0) is 38.5 Å². The van der Waals surface area contributed by atoms with Gasteiger partial charge in [-0.25, -0.2) is 5.43 Å². The van der Waals surface area contributed by atoms with Crippen LogP contribution < -0.4 is 10.2 Å². The average molecular weight is 375 g/mol. The molecule has 24 heavy (non-hydrogen) atoms. The van der Waals surface area contributed by atoms with Crippen LogP contribution in [0.2, 0.25) is 10.0 Å². The van der Waals surface area contributed by atoms with Crippen LogP contribution in [0.4, 0.5) is 0 Å². The van der Waals surface area contributed by atoms with Gasteiger partial charge in [0.15, 0.2) is 6.61 Å². The van der Waals surface area contributed by atoms with Crippen molar-refractivity contribution in [1.82, 2.24) is 5.43 Å². The van der Waals surface area contributed by atoms with Crippen molar-refractivity contribution < 1.29 is 19.1 Å². The molecular weight excluding hydrogens is 355 g/mol. The maximum Gasteiger partial charge on any atom is 0.314 e. The number of nitrogens with zero attached hydrogens (tertiary/aromatic N) is 1. The van der Waals surface area contributed by atoms with E-state index in [0.717, 1.165) is 0 Å². The van der Waals surface area contributed by atoms with E-state index in [-0.39, 0.29) is 12.6 Å². The molecule has 1 rings (SSSR count). The Morgan fingerprint density at radius 1 is 1.29 bits per heavy atom.